The minimum atomic E-state index is -4.64. The topological polar surface area (TPSA) is 60.9 Å². The summed E-state index contributed by atoms with van der Waals surface area (Å²) in [5, 5.41) is 0. The van der Waals surface area contributed by atoms with E-state index >= 15 is 0 Å². The molecule has 2 aliphatic heterocycles. The summed E-state index contributed by atoms with van der Waals surface area (Å²) < 4.78 is 67.9. The number of carbonyl (C=O) groups is 1. The van der Waals surface area contributed by atoms with Crippen LogP contribution in [-0.2, 0) is 26.5 Å². The van der Waals surface area contributed by atoms with Crippen molar-refractivity contribution in [1.29, 1.82) is 0 Å². The van der Waals surface area contributed by atoms with Crippen LogP contribution in [0.4, 0.5) is 13.2 Å². The van der Waals surface area contributed by atoms with Crippen molar-refractivity contribution in [2.24, 2.45) is 5.92 Å². The van der Waals surface area contributed by atoms with Gasteiger partial charge in [0.15, 0.2) is 0 Å². The molecule has 1 atom stereocenters. The number of benzene rings is 2. The molecule has 43 heavy (non-hydrogen) atoms. The number of hydrogen-bond donors (Lipinski definition) is 0. The SMILES string of the molecule is CN(CCC1CCC(c2ccccc2)(N2CCCC2)CC1)C(=O)CC1CCCCN1S(=O)(=O)c1cccc(C(F)(F)F)c1. The van der Waals surface area contributed by atoms with Crippen LogP contribution in [-0.4, -0.2) is 67.7 Å². The van der Waals surface area contributed by atoms with Crippen LogP contribution in [0.3, 0.4) is 0 Å². The molecule has 6 nitrogen and oxygen atoms in total. The van der Waals surface area contributed by atoms with Gasteiger partial charge in [-0.3, -0.25) is 9.69 Å². The largest absolute Gasteiger partial charge is 0.416 e. The second-order valence-electron chi connectivity index (χ2n) is 12.6. The summed E-state index contributed by atoms with van der Waals surface area (Å²) in [5.74, 6) is 0.407. The summed E-state index contributed by atoms with van der Waals surface area (Å²) in [4.78, 5) is 17.3. The van der Waals surface area contributed by atoms with E-state index in [0.717, 1.165) is 63.7 Å². The highest BCUT2D eigenvalue weighted by Crippen LogP contribution is 2.46. The standard InChI is InChI=1S/C33H44F3N3O3S/c1-37(23-17-26-15-18-32(19-16-26,38-20-7-8-21-38)27-10-3-2-4-11-27)31(40)25-29-13-5-6-22-39(29)43(41,42)30-14-9-12-28(24-30)33(34,35)36/h2-4,9-12,14,24,26,29H,5-8,13,15-23,25H2,1H3. The van der Waals surface area contributed by atoms with Gasteiger partial charge in [-0.15, -0.1) is 0 Å². The zero-order valence-electron chi connectivity index (χ0n) is 25.1. The fourth-order valence-corrected chi connectivity index (χ4v) is 9.19. The highest BCUT2D eigenvalue weighted by Gasteiger charge is 2.43. The van der Waals surface area contributed by atoms with Gasteiger partial charge in [-0.1, -0.05) is 42.8 Å². The predicted octanol–water partition coefficient (Wildman–Crippen LogP) is 6.67. The third-order valence-electron chi connectivity index (χ3n) is 10.0. The molecular weight excluding hydrogens is 575 g/mol. The summed E-state index contributed by atoms with van der Waals surface area (Å²) in [6, 6.07) is 14.2. The molecule has 0 aromatic heterocycles. The summed E-state index contributed by atoms with van der Waals surface area (Å²) >= 11 is 0. The monoisotopic (exact) mass is 619 g/mol. The number of sulfonamides is 1. The summed E-state index contributed by atoms with van der Waals surface area (Å²) in [5.41, 5.74) is 0.521. The van der Waals surface area contributed by atoms with E-state index in [-0.39, 0.29) is 29.3 Å². The third kappa shape index (κ3) is 7.12. The first kappa shape index (κ1) is 32.0. The van der Waals surface area contributed by atoms with E-state index in [4.69, 9.17) is 0 Å². The van der Waals surface area contributed by atoms with Crippen LogP contribution in [0.5, 0.6) is 0 Å². The second-order valence-corrected chi connectivity index (χ2v) is 14.5. The fourth-order valence-electron chi connectivity index (χ4n) is 7.45. The lowest BCUT2D eigenvalue weighted by molar-refractivity contribution is -0.137. The predicted molar refractivity (Wildman–Crippen MR) is 161 cm³/mol. The molecule has 1 saturated carbocycles. The van der Waals surface area contributed by atoms with Crippen molar-refractivity contribution in [3.63, 3.8) is 0 Å². The Labute approximate surface area is 254 Å². The highest BCUT2D eigenvalue weighted by atomic mass is 32.2. The number of halogens is 3. The molecule has 0 bridgehead atoms. The minimum absolute atomic E-state index is 0.0332. The zero-order chi connectivity index (χ0) is 30.7. The van der Waals surface area contributed by atoms with Crippen molar-refractivity contribution in [2.45, 2.75) is 93.3 Å². The molecule has 0 spiro atoms. The normalized spacial score (nSPS) is 26.0. The molecule has 2 aromatic carbocycles. The van der Waals surface area contributed by atoms with Crippen molar-refractivity contribution in [3.8, 4) is 0 Å². The van der Waals surface area contributed by atoms with Crippen molar-refractivity contribution >= 4 is 15.9 Å². The maximum absolute atomic E-state index is 13.4. The van der Waals surface area contributed by atoms with Crippen LogP contribution in [0, 0.1) is 5.92 Å². The Balaban J connectivity index is 1.17. The first-order chi connectivity index (χ1) is 20.5. The molecule has 0 radical (unpaired) electrons. The van der Waals surface area contributed by atoms with Gasteiger partial charge in [-0.05, 0) is 101 Å². The van der Waals surface area contributed by atoms with Gasteiger partial charge in [-0.2, -0.15) is 17.5 Å². The van der Waals surface area contributed by atoms with E-state index in [2.05, 4.69) is 35.2 Å². The lowest BCUT2D eigenvalue weighted by Crippen LogP contribution is -2.47. The molecule has 1 aliphatic carbocycles. The number of amides is 1. The molecule has 0 N–H and O–H groups in total. The quantitative estimate of drug-likeness (QED) is 0.315. The Kier molecular flexibility index (Phi) is 9.88. The number of piperidine rings is 1. The van der Waals surface area contributed by atoms with E-state index in [1.165, 1.54) is 28.8 Å². The lowest BCUT2D eigenvalue weighted by atomic mass is 9.71. The number of nitrogens with zero attached hydrogens (tertiary/aromatic N) is 3. The van der Waals surface area contributed by atoms with E-state index in [1.54, 1.807) is 11.9 Å². The maximum Gasteiger partial charge on any atom is 0.416 e. The molecule has 2 saturated heterocycles. The fraction of sp³-hybridized carbons (Fsp3) is 0.606. The lowest BCUT2D eigenvalue weighted by Gasteiger charge is -2.47. The molecular formula is C33H44F3N3O3S. The molecule has 10 heteroatoms. The Morgan fingerprint density at radius 2 is 1.60 bits per heavy atom. The van der Waals surface area contributed by atoms with Crippen LogP contribution in [0.2, 0.25) is 0 Å². The van der Waals surface area contributed by atoms with Crippen molar-refractivity contribution < 1.29 is 26.4 Å². The van der Waals surface area contributed by atoms with E-state index in [9.17, 15) is 26.4 Å². The first-order valence-corrected chi connectivity index (χ1v) is 17.2. The van der Waals surface area contributed by atoms with Crippen LogP contribution >= 0.6 is 0 Å². The number of hydrogen-bond acceptors (Lipinski definition) is 4. The molecule has 3 fully saturated rings. The van der Waals surface area contributed by atoms with Gasteiger partial charge < -0.3 is 4.90 Å². The van der Waals surface area contributed by atoms with Gasteiger partial charge in [0, 0.05) is 38.1 Å². The molecule has 2 aromatic rings. The number of likely N-dealkylation sites (tertiary alicyclic amines) is 1. The average Bonchev–Trinajstić information content (AvgIpc) is 3.56. The van der Waals surface area contributed by atoms with Gasteiger partial charge in [0.25, 0.3) is 0 Å². The molecule has 1 unspecified atom stereocenters. The van der Waals surface area contributed by atoms with Gasteiger partial charge >= 0.3 is 6.18 Å². The van der Waals surface area contributed by atoms with Gasteiger partial charge in [0.2, 0.25) is 15.9 Å². The van der Waals surface area contributed by atoms with Crippen molar-refractivity contribution in [2.75, 3.05) is 33.2 Å². The molecule has 236 valence electrons. The minimum Gasteiger partial charge on any atom is -0.346 e. The van der Waals surface area contributed by atoms with E-state index in [0.29, 0.717) is 31.4 Å². The zero-order valence-corrected chi connectivity index (χ0v) is 25.9. The van der Waals surface area contributed by atoms with Gasteiger partial charge in [0.1, 0.15) is 0 Å². The summed E-state index contributed by atoms with van der Waals surface area (Å²) in [6.45, 7) is 3.11. The third-order valence-corrected chi connectivity index (χ3v) is 12.0. The van der Waals surface area contributed by atoms with Crippen LogP contribution in [0.1, 0.15) is 81.8 Å². The number of alkyl halides is 3. The molecule has 1 amide bonds. The Morgan fingerprint density at radius 3 is 2.28 bits per heavy atom. The summed E-state index contributed by atoms with van der Waals surface area (Å²) in [7, 11) is -2.40. The van der Waals surface area contributed by atoms with Crippen LogP contribution in [0.25, 0.3) is 0 Å². The highest BCUT2D eigenvalue weighted by molar-refractivity contribution is 7.89. The Bertz CT molecular complexity index is 1340. The molecule has 2 heterocycles. The van der Waals surface area contributed by atoms with Crippen LogP contribution < -0.4 is 0 Å². The second kappa shape index (κ2) is 13.3. The van der Waals surface area contributed by atoms with Crippen LogP contribution in [0.15, 0.2) is 59.5 Å². The van der Waals surface area contributed by atoms with Crippen molar-refractivity contribution in [1.82, 2.24) is 14.1 Å². The smallest absolute Gasteiger partial charge is 0.346 e. The Hall–Kier alpha value is -2.43. The van der Waals surface area contributed by atoms with E-state index in [1.807, 2.05) is 0 Å². The maximum atomic E-state index is 13.4. The van der Waals surface area contributed by atoms with Gasteiger partial charge in [0.05, 0.1) is 10.5 Å². The summed E-state index contributed by atoms with van der Waals surface area (Å²) in [6.07, 6.45) is 5.16. The van der Waals surface area contributed by atoms with Crippen molar-refractivity contribution in [3.05, 3.63) is 65.7 Å². The Morgan fingerprint density at radius 1 is 0.930 bits per heavy atom. The molecule has 3 aliphatic rings. The average molecular weight is 620 g/mol. The molecule has 5 rings (SSSR count). The first-order valence-electron chi connectivity index (χ1n) is 15.7. The number of carbonyl (C=O) groups excluding carboxylic acids is 1. The van der Waals surface area contributed by atoms with E-state index < -0.39 is 27.8 Å². The number of rotatable bonds is 9. The van der Waals surface area contributed by atoms with Gasteiger partial charge in [-0.25, -0.2) is 8.42 Å².